The number of imidazole rings is 1. The molecule has 3 rings (SSSR count). The molecule has 0 atom stereocenters. The van der Waals surface area contributed by atoms with Crippen LogP contribution in [0.15, 0.2) is 52.7 Å². The Bertz CT molecular complexity index is 922. The fraction of sp³-hybridized carbons (Fsp3) is 0.222. The largest absolute Gasteiger partial charge is 0.366 e. The molecule has 1 amide bonds. The van der Waals surface area contributed by atoms with E-state index >= 15 is 0 Å². The second-order valence-corrected chi connectivity index (χ2v) is 5.95. The number of pyridine rings is 1. The van der Waals surface area contributed by atoms with Gasteiger partial charge in [0.2, 0.25) is 5.91 Å². The molecule has 0 bridgehead atoms. The van der Waals surface area contributed by atoms with Crippen LogP contribution in [-0.2, 0) is 0 Å². The SMILES string of the molecule is Cc1cccc2nc(C(C)C)c(N=Nc3ccc(C(N)=O)cc3)n12. The Hall–Kier alpha value is -3.02. The van der Waals surface area contributed by atoms with Crippen molar-refractivity contribution >= 4 is 23.1 Å². The lowest BCUT2D eigenvalue weighted by Crippen LogP contribution is -2.10. The molecule has 3 aromatic rings. The van der Waals surface area contributed by atoms with Gasteiger partial charge in [0.1, 0.15) is 5.65 Å². The molecule has 2 heterocycles. The highest BCUT2D eigenvalue weighted by atomic mass is 16.1. The van der Waals surface area contributed by atoms with E-state index in [1.807, 2.05) is 29.5 Å². The molecule has 6 nitrogen and oxygen atoms in total. The summed E-state index contributed by atoms with van der Waals surface area (Å²) in [6, 6.07) is 12.7. The lowest BCUT2D eigenvalue weighted by atomic mass is 10.1. The first-order valence-corrected chi connectivity index (χ1v) is 7.77. The maximum atomic E-state index is 11.1. The minimum Gasteiger partial charge on any atom is -0.366 e. The van der Waals surface area contributed by atoms with Crippen LogP contribution in [0.1, 0.15) is 41.5 Å². The van der Waals surface area contributed by atoms with E-state index in [0.29, 0.717) is 11.3 Å². The Labute approximate surface area is 140 Å². The number of nitrogens with zero attached hydrogens (tertiary/aromatic N) is 4. The van der Waals surface area contributed by atoms with Crippen molar-refractivity contribution in [3.63, 3.8) is 0 Å². The van der Waals surface area contributed by atoms with Crippen molar-refractivity contribution in [3.8, 4) is 0 Å². The first-order chi connectivity index (χ1) is 11.5. The van der Waals surface area contributed by atoms with Gasteiger partial charge in [-0.3, -0.25) is 9.20 Å². The Kier molecular flexibility index (Phi) is 4.12. The summed E-state index contributed by atoms with van der Waals surface area (Å²) < 4.78 is 2.00. The van der Waals surface area contributed by atoms with E-state index in [4.69, 9.17) is 5.73 Å². The highest BCUT2D eigenvalue weighted by molar-refractivity contribution is 5.92. The number of hydrogen-bond acceptors (Lipinski definition) is 4. The molecule has 0 unspecified atom stereocenters. The fourth-order valence-corrected chi connectivity index (χ4v) is 2.53. The molecular weight excluding hydrogens is 302 g/mol. The smallest absolute Gasteiger partial charge is 0.248 e. The molecule has 0 spiro atoms. The van der Waals surface area contributed by atoms with Gasteiger partial charge in [0, 0.05) is 11.3 Å². The molecule has 0 aliphatic heterocycles. The molecule has 0 radical (unpaired) electrons. The quantitative estimate of drug-likeness (QED) is 0.727. The van der Waals surface area contributed by atoms with Crippen LogP contribution in [0.3, 0.4) is 0 Å². The number of aryl methyl sites for hydroxylation is 1. The van der Waals surface area contributed by atoms with Crippen LogP contribution in [0.4, 0.5) is 11.5 Å². The van der Waals surface area contributed by atoms with E-state index in [1.165, 1.54) is 0 Å². The molecule has 2 aromatic heterocycles. The van der Waals surface area contributed by atoms with Gasteiger partial charge < -0.3 is 5.73 Å². The molecule has 0 fully saturated rings. The predicted octanol–water partition coefficient (Wildman–Crippen LogP) is 4.28. The lowest BCUT2D eigenvalue weighted by Gasteiger charge is -2.04. The number of carbonyl (C=O) groups excluding carboxylic acids is 1. The third-order valence-electron chi connectivity index (χ3n) is 3.80. The fourth-order valence-electron chi connectivity index (χ4n) is 2.53. The third-order valence-corrected chi connectivity index (χ3v) is 3.80. The second kappa shape index (κ2) is 6.23. The van der Waals surface area contributed by atoms with E-state index in [0.717, 1.165) is 22.9 Å². The number of primary amides is 1. The number of carbonyl (C=O) groups is 1. The van der Waals surface area contributed by atoms with Crippen LogP contribution in [-0.4, -0.2) is 15.3 Å². The number of benzene rings is 1. The topological polar surface area (TPSA) is 85.1 Å². The molecule has 122 valence electrons. The Morgan fingerprint density at radius 3 is 2.46 bits per heavy atom. The van der Waals surface area contributed by atoms with Gasteiger partial charge in [0.05, 0.1) is 11.4 Å². The van der Waals surface area contributed by atoms with Crippen LogP contribution in [0, 0.1) is 6.92 Å². The zero-order valence-electron chi connectivity index (χ0n) is 13.9. The van der Waals surface area contributed by atoms with Gasteiger partial charge in [-0.15, -0.1) is 10.2 Å². The molecule has 6 heteroatoms. The van der Waals surface area contributed by atoms with Crippen LogP contribution in [0.25, 0.3) is 5.65 Å². The van der Waals surface area contributed by atoms with Crippen molar-refractivity contribution in [2.45, 2.75) is 26.7 Å². The van der Waals surface area contributed by atoms with Gasteiger partial charge in [-0.2, -0.15) is 0 Å². The van der Waals surface area contributed by atoms with Crippen LogP contribution in [0.2, 0.25) is 0 Å². The van der Waals surface area contributed by atoms with Crippen molar-refractivity contribution in [2.24, 2.45) is 16.0 Å². The number of hydrogen-bond donors (Lipinski definition) is 1. The van der Waals surface area contributed by atoms with E-state index < -0.39 is 5.91 Å². The summed E-state index contributed by atoms with van der Waals surface area (Å²) in [6.45, 7) is 6.18. The standard InChI is InChI=1S/C18H19N5O/c1-11(2)16-18(23-12(3)5-4-6-15(23)20-16)22-21-14-9-7-13(8-10-14)17(19)24/h4-11H,1-3H3,(H2,19,24). The summed E-state index contributed by atoms with van der Waals surface area (Å²) in [7, 11) is 0. The summed E-state index contributed by atoms with van der Waals surface area (Å²) in [6.07, 6.45) is 0. The molecule has 0 aliphatic rings. The first-order valence-electron chi connectivity index (χ1n) is 7.77. The summed E-state index contributed by atoms with van der Waals surface area (Å²) in [5.74, 6) is 0.505. The zero-order chi connectivity index (χ0) is 17.3. The molecular formula is C18H19N5O. The van der Waals surface area contributed by atoms with Gasteiger partial charge >= 0.3 is 0 Å². The number of rotatable bonds is 4. The Morgan fingerprint density at radius 2 is 1.83 bits per heavy atom. The monoisotopic (exact) mass is 321 g/mol. The van der Waals surface area contributed by atoms with Crippen LogP contribution in [0.5, 0.6) is 0 Å². The predicted molar refractivity (Wildman–Crippen MR) is 93.2 cm³/mol. The molecule has 1 aromatic carbocycles. The highest BCUT2D eigenvalue weighted by Gasteiger charge is 2.16. The van der Waals surface area contributed by atoms with Gasteiger partial charge in [0.25, 0.3) is 0 Å². The van der Waals surface area contributed by atoms with E-state index in [2.05, 4.69) is 29.1 Å². The van der Waals surface area contributed by atoms with E-state index in [-0.39, 0.29) is 5.92 Å². The average Bonchev–Trinajstić information content (AvgIpc) is 2.93. The van der Waals surface area contributed by atoms with Crippen LogP contribution < -0.4 is 5.73 Å². The number of amides is 1. The maximum absolute atomic E-state index is 11.1. The molecule has 0 saturated heterocycles. The number of nitrogens with two attached hydrogens (primary N) is 1. The number of aromatic nitrogens is 2. The van der Waals surface area contributed by atoms with Crippen molar-refractivity contribution in [2.75, 3.05) is 0 Å². The van der Waals surface area contributed by atoms with E-state index in [9.17, 15) is 4.79 Å². The number of azo groups is 1. The average molecular weight is 321 g/mol. The van der Waals surface area contributed by atoms with Crippen molar-refractivity contribution in [1.29, 1.82) is 0 Å². The first kappa shape index (κ1) is 15.9. The Balaban J connectivity index is 2.05. The molecule has 2 N–H and O–H groups in total. The minimum atomic E-state index is -0.460. The highest BCUT2D eigenvalue weighted by Crippen LogP contribution is 2.30. The normalized spacial score (nSPS) is 11.7. The van der Waals surface area contributed by atoms with Gasteiger partial charge in [-0.25, -0.2) is 4.98 Å². The minimum absolute atomic E-state index is 0.232. The van der Waals surface area contributed by atoms with Gasteiger partial charge in [-0.05, 0) is 49.2 Å². The second-order valence-electron chi connectivity index (χ2n) is 5.95. The Morgan fingerprint density at radius 1 is 1.12 bits per heavy atom. The molecule has 24 heavy (non-hydrogen) atoms. The lowest BCUT2D eigenvalue weighted by molar-refractivity contribution is 0.100. The van der Waals surface area contributed by atoms with Crippen LogP contribution >= 0.6 is 0 Å². The molecule has 0 saturated carbocycles. The summed E-state index contributed by atoms with van der Waals surface area (Å²) in [5, 5.41) is 8.73. The number of fused-ring (bicyclic) bond motifs is 1. The summed E-state index contributed by atoms with van der Waals surface area (Å²) in [4.78, 5) is 15.8. The molecule has 0 aliphatic carbocycles. The third kappa shape index (κ3) is 2.90. The van der Waals surface area contributed by atoms with Crippen molar-refractivity contribution in [1.82, 2.24) is 9.38 Å². The summed E-state index contributed by atoms with van der Waals surface area (Å²) >= 11 is 0. The summed E-state index contributed by atoms with van der Waals surface area (Å²) in [5.41, 5.74) is 9.15. The zero-order valence-corrected chi connectivity index (χ0v) is 13.9. The van der Waals surface area contributed by atoms with Gasteiger partial charge in [0.15, 0.2) is 5.82 Å². The van der Waals surface area contributed by atoms with Crippen molar-refractivity contribution in [3.05, 3.63) is 59.4 Å². The maximum Gasteiger partial charge on any atom is 0.248 e. The van der Waals surface area contributed by atoms with E-state index in [1.54, 1.807) is 24.3 Å². The van der Waals surface area contributed by atoms with Gasteiger partial charge in [-0.1, -0.05) is 19.9 Å². The van der Waals surface area contributed by atoms with Crippen molar-refractivity contribution < 1.29 is 4.79 Å².